The summed E-state index contributed by atoms with van der Waals surface area (Å²) in [4.78, 5) is 4.05. The van der Waals surface area contributed by atoms with Crippen LogP contribution in [0.2, 0.25) is 0 Å². The Labute approximate surface area is 102 Å². The highest BCUT2D eigenvalue weighted by Crippen LogP contribution is 2.03. The first kappa shape index (κ1) is 11.9. The number of rotatable bonds is 7. The predicted molar refractivity (Wildman–Crippen MR) is 68.7 cm³/mol. The van der Waals surface area contributed by atoms with Crippen LogP contribution < -0.4 is 5.32 Å². The highest BCUT2D eigenvalue weighted by atomic mass is 15.1. The number of hydrogen-bond acceptors (Lipinski definition) is 2. The lowest BCUT2D eigenvalue weighted by molar-refractivity contribution is 0.547. The van der Waals surface area contributed by atoms with Crippen LogP contribution in [0.5, 0.6) is 0 Å². The van der Waals surface area contributed by atoms with Gasteiger partial charge in [0.1, 0.15) is 0 Å². The molecule has 0 unspecified atom stereocenters. The summed E-state index contributed by atoms with van der Waals surface area (Å²) in [6.07, 6.45) is 8.99. The Balaban J connectivity index is 1.85. The van der Waals surface area contributed by atoms with Gasteiger partial charge in [-0.1, -0.05) is 6.92 Å². The van der Waals surface area contributed by atoms with Crippen molar-refractivity contribution in [2.24, 2.45) is 0 Å². The summed E-state index contributed by atoms with van der Waals surface area (Å²) in [6, 6.07) is 4.29. The smallest absolute Gasteiger partial charge is 0.0946 e. The van der Waals surface area contributed by atoms with E-state index in [1.54, 1.807) is 0 Å². The average molecular weight is 232 g/mol. The fraction of sp³-hybridized carbons (Fsp3) is 0.462. The van der Waals surface area contributed by atoms with Gasteiger partial charge in [0.25, 0.3) is 0 Å². The fourth-order valence-electron chi connectivity index (χ4n) is 1.86. The molecule has 0 amide bonds. The van der Waals surface area contributed by atoms with Gasteiger partial charge in [0.05, 0.1) is 6.33 Å². The molecule has 2 aromatic rings. The summed E-state index contributed by atoms with van der Waals surface area (Å²) < 4.78 is 4.39. The Morgan fingerprint density at radius 3 is 3.00 bits per heavy atom. The molecule has 0 spiro atoms. The minimum absolute atomic E-state index is 0.949. The first-order chi connectivity index (χ1) is 8.40. The molecule has 17 heavy (non-hydrogen) atoms. The zero-order valence-electron chi connectivity index (χ0n) is 10.3. The first-order valence-corrected chi connectivity index (χ1v) is 6.20. The molecule has 0 atom stereocenters. The third-order valence-corrected chi connectivity index (χ3v) is 2.81. The van der Waals surface area contributed by atoms with E-state index in [0.717, 1.165) is 26.2 Å². The van der Waals surface area contributed by atoms with Crippen molar-refractivity contribution < 1.29 is 0 Å². The normalized spacial score (nSPS) is 10.9. The minimum atomic E-state index is 0.949. The summed E-state index contributed by atoms with van der Waals surface area (Å²) in [6.45, 7) is 6.17. The van der Waals surface area contributed by atoms with Crippen molar-refractivity contribution in [3.05, 3.63) is 42.7 Å². The Hall–Kier alpha value is -1.55. The summed E-state index contributed by atoms with van der Waals surface area (Å²) in [5.41, 5.74) is 1.35. The van der Waals surface area contributed by atoms with Crippen LogP contribution in [0.1, 0.15) is 19.0 Å². The molecule has 0 saturated carbocycles. The summed E-state index contributed by atoms with van der Waals surface area (Å²) in [7, 11) is 0. The third-order valence-electron chi connectivity index (χ3n) is 2.81. The number of aryl methyl sites for hydroxylation is 2. The van der Waals surface area contributed by atoms with Gasteiger partial charge < -0.3 is 14.5 Å². The van der Waals surface area contributed by atoms with Gasteiger partial charge in [-0.3, -0.25) is 0 Å². The standard InChI is InChI=1S/C13H20N4/c1-2-5-14-11-13-4-3-7-17(13)10-9-16-8-6-15-12-16/h3-4,6-8,12,14H,2,5,9-11H2,1H3. The topological polar surface area (TPSA) is 34.8 Å². The van der Waals surface area contributed by atoms with Crippen molar-refractivity contribution in [2.75, 3.05) is 6.54 Å². The number of aromatic nitrogens is 3. The van der Waals surface area contributed by atoms with Gasteiger partial charge in [-0.2, -0.15) is 0 Å². The van der Waals surface area contributed by atoms with Gasteiger partial charge in [0.15, 0.2) is 0 Å². The molecule has 2 heterocycles. The molecule has 2 rings (SSSR count). The third kappa shape index (κ3) is 3.46. The molecule has 0 radical (unpaired) electrons. The molecule has 0 fully saturated rings. The zero-order chi connectivity index (χ0) is 11.9. The van der Waals surface area contributed by atoms with Crippen LogP contribution in [0, 0.1) is 0 Å². The SMILES string of the molecule is CCCNCc1cccn1CCn1ccnc1. The van der Waals surface area contributed by atoms with Crippen LogP contribution in [0.25, 0.3) is 0 Å². The Morgan fingerprint density at radius 1 is 1.29 bits per heavy atom. The Kier molecular flexibility index (Phi) is 4.38. The molecule has 0 aromatic carbocycles. The van der Waals surface area contributed by atoms with Gasteiger partial charge in [-0.15, -0.1) is 0 Å². The van der Waals surface area contributed by atoms with Crippen LogP contribution >= 0.6 is 0 Å². The second-order valence-electron chi connectivity index (χ2n) is 4.17. The highest BCUT2D eigenvalue weighted by Gasteiger charge is 2.00. The lowest BCUT2D eigenvalue weighted by Gasteiger charge is -2.10. The summed E-state index contributed by atoms with van der Waals surface area (Å²) >= 11 is 0. The molecule has 4 nitrogen and oxygen atoms in total. The maximum Gasteiger partial charge on any atom is 0.0946 e. The van der Waals surface area contributed by atoms with Crippen LogP contribution in [0.15, 0.2) is 37.1 Å². The Bertz CT molecular complexity index is 416. The second kappa shape index (κ2) is 6.25. The molecule has 0 saturated heterocycles. The van der Waals surface area contributed by atoms with Crippen molar-refractivity contribution in [1.82, 2.24) is 19.4 Å². The van der Waals surface area contributed by atoms with Gasteiger partial charge in [0, 0.05) is 43.9 Å². The molecule has 0 aliphatic carbocycles. The van der Waals surface area contributed by atoms with E-state index < -0.39 is 0 Å². The molecule has 0 aliphatic rings. The van der Waals surface area contributed by atoms with Gasteiger partial charge in [0.2, 0.25) is 0 Å². The molecular formula is C13H20N4. The van der Waals surface area contributed by atoms with E-state index in [2.05, 4.69) is 44.7 Å². The minimum Gasteiger partial charge on any atom is -0.348 e. The molecule has 2 aromatic heterocycles. The van der Waals surface area contributed by atoms with E-state index >= 15 is 0 Å². The maximum atomic E-state index is 4.05. The molecule has 1 N–H and O–H groups in total. The fourth-order valence-corrected chi connectivity index (χ4v) is 1.86. The van der Waals surface area contributed by atoms with Gasteiger partial charge >= 0.3 is 0 Å². The van der Waals surface area contributed by atoms with Crippen LogP contribution in [-0.4, -0.2) is 20.7 Å². The molecule has 4 heteroatoms. The van der Waals surface area contributed by atoms with E-state index in [-0.39, 0.29) is 0 Å². The molecule has 92 valence electrons. The van der Waals surface area contributed by atoms with E-state index in [9.17, 15) is 0 Å². The van der Waals surface area contributed by atoms with Gasteiger partial charge in [-0.25, -0.2) is 4.98 Å². The van der Waals surface area contributed by atoms with E-state index in [0.29, 0.717) is 0 Å². The monoisotopic (exact) mass is 232 g/mol. The van der Waals surface area contributed by atoms with E-state index in [4.69, 9.17) is 0 Å². The number of imidazole rings is 1. The van der Waals surface area contributed by atoms with Crippen LogP contribution in [-0.2, 0) is 19.6 Å². The van der Waals surface area contributed by atoms with Crippen LogP contribution in [0.3, 0.4) is 0 Å². The number of nitrogens with one attached hydrogen (secondary N) is 1. The summed E-state index contributed by atoms with van der Waals surface area (Å²) in [5, 5.41) is 3.43. The van der Waals surface area contributed by atoms with E-state index in [1.165, 1.54) is 12.1 Å². The molecule has 0 aliphatic heterocycles. The summed E-state index contributed by atoms with van der Waals surface area (Å²) in [5.74, 6) is 0. The number of hydrogen-bond donors (Lipinski definition) is 1. The zero-order valence-corrected chi connectivity index (χ0v) is 10.3. The quantitative estimate of drug-likeness (QED) is 0.740. The largest absolute Gasteiger partial charge is 0.348 e. The van der Waals surface area contributed by atoms with Crippen molar-refractivity contribution in [2.45, 2.75) is 33.0 Å². The maximum absolute atomic E-state index is 4.05. The molecule has 0 bridgehead atoms. The molecular weight excluding hydrogens is 212 g/mol. The van der Waals surface area contributed by atoms with Crippen molar-refractivity contribution in [3.8, 4) is 0 Å². The van der Waals surface area contributed by atoms with E-state index in [1.807, 2.05) is 18.7 Å². The Morgan fingerprint density at radius 2 is 2.24 bits per heavy atom. The van der Waals surface area contributed by atoms with Crippen molar-refractivity contribution >= 4 is 0 Å². The lowest BCUT2D eigenvalue weighted by atomic mass is 10.4. The highest BCUT2D eigenvalue weighted by molar-refractivity contribution is 5.06. The predicted octanol–water partition coefficient (Wildman–Crippen LogP) is 1.88. The lowest BCUT2D eigenvalue weighted by Crippen LogP contribution is -2.17. The van der Waals surface area contributed by atoms with Crippen molar-refractivity contribution in [1.29, 1.82) is 0 Å². The average Bonchev–Trinajstić information content (AvgIpc) is 2.97. The first-order valence-electron chi connectivity index (χ1n) is 6.20. The van der Waals surface area contributed by atoms with Crippen LogP contribution in [0.4, 0.5) is 0 Å². The number of nitrogens with zero attached hydrogens (tertiary/aromatic N) is 3. The van der Waals surface area contributed by atoms with Gasteiger partial charge in [-0.05, 0) is 25.1 Å². The van der Waals surface area contributed by atoms with Crippen molar-refractivity contribution in [3.63, 3.8) is 0 Å². The second-order valence-corrected chi connectivity index (χ2v) is 4.17.